The minimum absolute atomic E-state index is 0.00142. The summed E-state index contributed by atoms with van der Waals surface area (Å²) in [6, 6.07) is -0.664. The van der Waals surface area contributed by atoms with E-state index in [0.29, 0.717) is 5.84 Å². The van der Waals surface area contributed by atoms with Gasteiger partial charge in [-0.25, -0.2) is 9.91 Å². The second-order valence-corrected chi connectivity index (χ2v) is 7.27. The number of nitrogens with zero attached hydrogens (tertiary/aromatic N) is 2. The van der Waals surface area contributed by atoms with Gasteiger partial charge in [0.05, 0.1) is 6.10 Å². The summed E-state index contributed by atoms with van der Waals surface area (Å²) in [6.07, 6.45) is -1.58. The third-order valence-electron chi connectivity index (χ3n) is 3.21. The molecule has 8 nitrogen and oxygen atoms in total. The Morgan fingerprint density at radius 2 is 1.91 bits per heavy atom. The van der Waals surface area contributed by atoms with E-state index in [1.807, 2.05) is 34.6 Å². The van der Waals surface area contributed by atoms with Crippen LogP contribution in [0, 0.1) is 11.3 Å². The van der Waals surface area contributed by atoms with Crippen molar-refractivity contribution in [2.45, 2.75) is 66.8 Å². The van der Waals surface area contributed by atoms with E-state index >= 15 is 0 Å². The smallest absolute Gasteiger partial charge is 0.349 e. The molecule has 1 rings (SSSR count). The highest BCUT2D eigenvalue weighted by molar-refractivity contribution is 6.02. The number of aliphatic carboxylic acids is 1. The Kier molecular flexibility index (Phi) is 6.12. The lowest BCUT2D eigenvalue weighted by molar-refractivity contribution is -0.167. The van der Waals surface area contributed by atoms with Crippen LogP contribution < -0.4 is 10.7 Å². The molecule has 1 aliphatic rings. The van der Waals surface area contributed by atoms with Crippen molar-refractivity contribution in [3.05, 3.63) is 0 Å². The fourth-order valence-corrected chi connectivity index (χ4v) is 2.16. The van der Waals surface area contributed by atoms with Crippen molar-refractivity contribution in [1.29, 1.82) is 0 Å². The van der Waals surface area contributed by atoms with E-state index in [0.717, 1.165) is 0 Å². The van der Waals surface area contributed by atoms with Crippen LogP contribution in [0.1, 0.15) is 48.5 Å². The minimum atomic E-state index is -1.29. The van der Waals surface area contributed by atoms with Gasteiger partial charge in [0.2, 0.25) is 6.23 Å². The first-order valence-corrected chi connectivity index (χ1v) is 7.76. The predicted molar refractivity (Wildman–Crippen MR) is 86.3 cm³/mol. The van der Waals surface area contributed by atoms with Crippen molar-refractivity contribution in [3.63, 3.8) is 0 Å². The molecule has 1 heterocycles. The number of carbonyl (C=O) groups is 2. The largest absolute Gasteiger partial charge is 0.478 e. The molecule has 2 atom stereocenters. The maximum Gasteiger partial charge on any atom is 0.349 e. The minimum Gasteiger partial charge on any atom is -0.478 e. The molecular formula is C15H28N4O4. The number of nitrogens with one attached hydrogen (secondary N) is 2. The first kappa shape index (κ1) is 19.4. The van der Waals surface area contributed by atoms with Gasteiger partial charge >= 0.3 is 5.97 Å². The summed E-state index contributed by atoms with van der Waals surface area (Å²) in [6.45, 7) is 12.9. The van der Waals surface area contributed by atoms with Crippen molar-refractivity contribution in [3.8, 4) is 0 Å². The Labute approximate surface area is 137 Å². The monoisotopic (exact) mass is 328 g/mol. The molecule has 0 saturated carbocycles. The molecule has 2 unspecified atom stereocenters. The zero-order valence-corrected chi connectivity index (χ0v) is 14.9. The van der Waals surface area contributed by atoms with Crippen molar-refractivity contribution >= 4 is 17.7 Å². The number of carbonyl (C=O) groups excluding carboxylic acids is 1. The number of carboxylic acids is 1. The highest BCUT2D eigenvalue weighted by Crippen LogP contribution is 2.26. The van der Waals surface area contributed by atoms with Gasteiger partial charge in [0.15, 0.2) is 0 Å². The number of hydrogen-bond acceptors (Lipinski definition) is 6. The highest BCUT2D eigenvalue weighted by atomic mass is 16.5. The van der Waals surface area contributed by atoms with Gasteiger partial charge in [0.1, 0.15) is 11.9 Å². The molecule has 0 aromatic carbocycles. The van der Waals surface area contributed by atoms with Gasteiger partial charge < -0.3 is 15.2 Å². The van der Waals surface area contributed by atoms with E-state index < -0.39 is 23.7 Å². The maximum absolute atomic E-state index is 12.5. The molecule has 3 N–H and O–H groups in total. The predicted octanol–water partition coefficient (Wildman–Crippen LogP) is 1.14. The Morgan fingerprint density at radius 1 is 1.35 bits per heavy atom. The van der Waals surface area contributed by atoms with Crippen LogP contribution in [0.25, 0.3) is 0 Å². The normalized spacial score (nSPS) is 20.6. The Morgan fingerprint density at radius 3 is 2.30 bits per heavy atom. The van der Waals surface area contributed by atoms with Crippen molar-refractivity contribution in [2.75, 3.05) is 0 Å². The van der Waals surface area contributed by atoms with E-state index in [9.17, 15) is 14.7 Å². The van der Waals surface area contributed by atoms with Crippen LogP contribution in [0.3, 0.4) is 0 Å². The van der Waals surface area contributed by atoms with Crippen LogP contribution in [0.4, 0.5) is 0 Å². The van der Waals surface area contributed by atoms with Crippen LogP contribution in [0.2, 0.25) is 0 Å². The molecule has 0 bridgehead atoms. The zero-order valence-electron chi connectivity index (χ0n) is 14.9. The Hall–Kier alpha value is -1.67. The Bertz CT molecular complexity index is 482. The number of rotatable bonds is 6. The molecule has 1 aliphatic heterocycles. The van der Waals surface area contributed by atoms with Gasteiger partial charge in [-0.2, -0.15) is 5.43 Å². The fraction of sp³-hybridized carbons (Fsp3) is 0.800. The molecule has 0 saturated heterocycles. The average Bonchev–Trinajstić information content (AvgIpc) is 2.34. The third-order valence-corrected chi connectivity index (χ3v) is 3.21. The third kappa shape index (κ3) is 5.18. The van der Waals surface area contributed by atoms with Crippen LogP contribution in [0.5, 0.6) is 0 Å². The van der Waals surface area contributed by atoms with E-state index in [-0.39, 0.29) is 17.9 Å². The SMILES string of the molecule is CC(C)OC(NN1N=C(C(C)C)NC(=O)C1C(C)(C)C)C(=O)O. The number of amidine groups is 1. The standard InChI is InChI=1S/C15H28N4O4/c1-8(2)11-16-12(20)10(15(5,6)7)19(17-11)18-13(14(21)22)23-9(3)4/h8-10,13,18H,1-7H3,(H,21,22)(H,16,17,20). The number of ether oxygens (including phenoxy) is 1. The Balaban J connectivity index is 3.14. The van der Waals surface area contributed by atoms with Gasteiger partial charge in [-0.3, -0.25) is 4.79 Å². The van der Waals surface area contributed by atoms with Gasteiger partial charge in [-0.1, -0.05) is 34.6 Å². The van der Waals surface area contributed by atoms with E-state index in [2.05, 4.69) is 15.8 Å². The lowest BCUT2D eigenvalue weighted by Gasteiger charge is -2.41. The van der Waals surface area contributed by atoms with Crippen molar-refractivity contribution < 1.29 is 19.4 Å². The topological polar surface area (TPSA) is 103 Å². The number of amides is 1. The van der Waals surface area contributed by atoms with Crippen molar-refractivity contribution in [1.82, 2.24) is 15.9 Å². The number of hydrazone groups is 1. The zero-order chi connectivity index (χ0) is 17.9. The molecule has 132 valence electrons. The lowest BCUT2D eigenvalue weighted by Crippen LogP contribution is -2.64. The molecule has 8 heteroatoms. The lowest BCUT2D eigenvalue weighted by atomic mass is 9.85. The molecule has 0 spiro atoms. The number of carboxylic acid groups (broad SMARTS) is 1. The molecule has 0 aromatic rings. The van der Waals surface area contributed by atoms with Gasteiger partial charge in [-0.15, -0.1) is 5.10 Å². The van der Waals surface area contributed by atoms with Crippen molar-refractivity contribution in [2.24, 2.45) is 16.4 Å². The van der Waals surface area contributed by atoms with Crippen LogP contribution in [-0.2, 0) is 14.3 Å². The van der Waals surface area contributed by atoms with E-state index in [1.165, 1.54) is 5.12 Å². The van der Waals surface area contributed by atoms with Gasteiger partial charge in [-0.05, 0) is 19.3 Å². The first-order chi connectivity index (χ1) is 10.4. The summed E-state index contributed by atoms with van der Waals surface area (Å²) >= 11 is 0. The summed E-state index contributed by atoms with van der Waals surface area (Å²) in [5.41, 5.74) is 2.27. The van der Waals surface area contributed by atoms with Crippen LogP contribution in [0.15, 0.2) is 5.10 Å². The van der Waals surface area contributed by atoms with E-state index in [4.69, 9.17) is 4.74 Å². The summed E-state index contributed by atoms with van der Waals surface area (Å²) < 4.78 is 5.35. The number of hydrogen-bond donors (Lipinski definition) is 3. The molecule has 0 aromatic heterocycles. The molecule has 0 radical (unpaired) electrons. The van der Waals surface area contributed by atoms with Crippen LogP contribution in [-0.4, -0.2) is 46.3 Å². The fourth-order valence-electron chi connectivity index (χ4n) is 2.16. The molecular weight excluding hydrogens is 300 g/mol. The van der Waals surface area contributed by atoms with Gasteiger partial charge in [0.25, 0.3) is 5.91 Å². The maximum atomic E-state index is 12.5. The number of hydrazine groups is 1. The van der Waals surface area contributed by atoms with Crippen LogP contribution >= 0.6 is 0 Å². The van der Waals surface area contributed by atoms with Gasteiger partial charge in [0, 0.05) is 5.92 Å². The molecule has 1 amide bonds. The quantitative estimate of drug-likeness (QED) is 0.632. The van der Waals surface area contributed by atoms with E-state index in [1.54, 1.807) is 13.8 Å². The second-order valence-electron chi connectivity index (χ2n) is 7.27. The summed E-state index contributed by atoms with van der Waals surface area (Å²) in [7, 11) is 0. The molecule has 23 heavy (non-hydrogen) atoms. The average molecular weight is 328 g/mol. The highest BCUT2D eigenvalue weighted by Gasteiger charge is 2.42. The second kappa shape index (κ2) is 7.27. The summed E-state index contributed by atoms with van der Waals surface area (Å²) in [4.78, 5) is 23.9. The molecule has 0 aliphatic carbocycles. The molecule has 0 fully saturated rings. The first-order valence-electron chi connectivity index (χ1n) is 7.76. The summed E-state index contributed by atoms with van der Waals surface area (Å²) in [5, 5.41) is 17.8. The summed E-state index contributed by atoms with van der Waals surface area (Å²) in [5.74, 6) is -0.911.